The molecule has 0 atom stereocenters. The first-order chi connectivity index (χ1) is 17.4. The van der Waals surface area contributed by atoms with Gasteiger partial charge in [0.25, 0.3) is 5.89 Å². The number of fused-ring (bicyclic) bond motifs is 1. The van der Waals surface area contributed by atoms with Crippen molar-refractivity contribution in [3.63, 3.8) is 0 Å². The van der Waals surface area contributed by atoms with E-state index in [1.54, 1.807) is 36.4 Å². The number of carbonyl (C=O) groups is 2. The first-order valence-corrected chi connectivity index (χ1v) is 10.6. The fourth-order valence-electron chi connectivity index (χ4n) is 3.59. The van der Waals surface area contributed by atoms with Crippen LogP contribution in [0.15, 0.2) is 76.2 Å². The third-order valence-corrected chi connectivity index (χ3v) is 5.25. The molecule has 0 aliphatic carbocycles. The Morgan fingerprint density at radius 1 is 1.11 bits per heavy atom. The summed E-state index contributed by atoms with van der Waals surface area (Å²) in [5, 5.41) is 10.8. The lowest BCUT2D eigenvalue weighted by Gasteiger charge is -2.09. The standard InChI is InChI=1S/C24H17FN6O5/c1-35-23(33)16-8-2-3-10-18(16)26-19(32)13-31-24(34)30-11-5-9-17(21(30)28-31)22-27-20(29-36-22)14-6-4-7-15(25)12-14/h2-12H,13H2,1H3,(H,26,32). The second-order valence-corrected chi connectivity index (χ2v) is 7.57. The largest absolute Gasteiger partial charge is 0.465 e. The number of ether oxygens (including phenoxy) is 1. The van der Waals surface area contributed by atoms with E-state index >= 15 is 0 Å². The molecule has 3 heterocycles. The van der Waals surface area contributed by atoms with E-state index in [4.69, 9.17) is 9.26 Å². The number of anilines is 1. The molecule has 11 nitrogen and oxygen atoms in total. The minimum Gasteiger partial charge on any atom is -0.465 e. The van der Waals surface area contributed by atoms with E-state index in [1.807, 2.05) is 0 Å². The third-order valence-electron chi connectivity index (χ3n) is 5.25. The molecule has 0 spiro atoms. The normalized spacial score (nSPS) is 10.9. The van der Waals surface area contributed by atoms with Gasteiger partial charge in [-0.1, -0.05) is 29.4 Å². The number of hydrogen-bond donors (Lipinski definition) is 1. The van der Waals surface area contributed by atoms with Gasteiger partial charge in [-0.2, -0.15) is 4.98 Å². The second-order valence-electron chi connectivity index (χ2n) is 7.57. The summed E-state index contributed by atoms with van der Waals surface area (Å²) < 4.78 is 25.8. The molecule has 0 aliphatic heterocycles. The summed E-state index contributed by atoms with van der Waals surface area (Å²) in [5.74, 6) is -1.41. The summed E-state index contributed by atoms with van der Waals surface area (Å²) in [7, 11) is 1.24. The van der Waals surface area contributed by atoms with Crippen molar-refractivity contribution in [2.45, 2.75) is 6.54 Å². The lowest BCUT2D eigenvalue weighted by atomic mass is 10.2. The molecule has 0 bridgehead atoms. The Bertz CT molecular complexity index is 1670. The number of esters is 1. The van der Waals surface area contributed by atoms with Crippen LogP contribution in [0.3, 0.4) is 0 Å². The van der Waals surface area contributed by atoms with E-state index < -0.39 is 29.9 Å². The minimum absolute atomic E-state index is 0.0634. The van der Waals surface area contributed by atoms with E-state index in [0.29, 0.717) is 11.1 Å². The summed E-state index contributed by atoms with van der Waals surface area (Å²) in [6.07, 6.45) is 1.49. The fraction of sp³-hybridized carbons (Fsp3) is 0.0833. The number of para-hydroxylation sites is 1. The first-order valence-electron chi connectivity index (χ1n) is 10.6. The van der Waals surface area contributed by atoms with Crippen LogP contribution < -0.4 is 11.0 Å². The molecule has 0 saturated carbocycles. The molecule has 1 amide bonds. The molecular weight excluding hydrogens is 471 g/mol. The molecule has 5 aromatic rings. The van der Waals surface area contributed by atoms with Gasteiger partial charge >= 0.3 is 11.7 Å². The molecule has 0 unspecified atom stereocenters. The zero-order valence-corrected chi connectivity index (χ0v) is 18.7. The molecule has 0 radical (unpaired) electrons. The Morgan fingerprint density at radius 3 is 2.75 bits per heavy atom. The predicted molar refractivity (Wildman–Crippen MR) is 125 cm³/mol. The molecule has 0 fully saturated rings. The smallest absolute Gasteiger partial charge is 0.350 e. The van der Waals surface area contributed by atoms with Crippen molar-refractivity contribution in [1.29, 1.82) is 0 Å². The molecule has 36 heavy (non-hydrogen) atoms. The number of hydrogen-bond acceptors (Lipinski definition) is 8. The number of aromatic nitrogens is 5. The number of nitrogens with zero attached hydrogens (tertiary/aromatic N) is 5. The van der Waals surface area contributed by atoms with Gasteiger partial charge in [0.15, 0.2) is 5.65 Å². The number of pyridine rings is 1. The topological polar surface area (TPSA) is 134 Å². The molecule has 0 aliphatic rings. The maximum Gasteiger partial charge on any atom is 0.350 e. The predicted octanol–water partition coefficient (Wildman–Crippen LogP) is 2.78. The van der Waals surface area contributed by atoms with Crippen LogP contribution in [0.25, 0.3) is 28.5 Å². The van der Waals surface area contributed by atoms with Crippen molar-refractivity contribution in [2.75, 3.05) is 12.4 Å². The van der Waals surface area contributed by atoms with Gasteiger partial charge < -0.3 is 14.6 Å². The number of nitrogens with one attached hydrogen (secondary N) is 1. The quantitative estimate of drug-likeness (QED) is 0.361. The molecular formula is C24H17FN6O5. The van der Waals surface area contributed by atoms with Crippen molar-refractivity contribution in [1.82, 2.24) is 24.3 Å². The summed E-state index contributed by atoms with van der Waals surface area (Å²) in [4.78, 5) is 41.8. The van der Waals surface area contributed by atoms with Gasteiger partial charge in [0, 0.05) is 11.8 Å². The van der Waals surface area contributed by atoms with E-state index in [2.05, 4.69) is 20.6 Å². The fourth-order valence-corrected chi connectivity index (χ4v) is 3.59. The first kappa shape index (κ1) is 22.7. The van der Waals surface area contributed by atoms with Crippen molar-refractivity contribution in [3.8, 4) is 22.8 Å². The van der Waals surface area contributed by atoms with Crippen LogP contribution in [0.2, 0.25) is 0 Å². The monoisotopic (exact) mass is 488 g/mol. The van der Waals surface area contributed by atoms with Crippen molar-refractivity contribution >= 4 is 23.2 Å². The van der Waals surface area contributed by atoms with Gasteiger partial charge in [0.05, 0.1) is 23.9 Å². The number of halogens is 1. The second kappa shape index (κ2) is 9.25. The molecule has 0 saturated heterocycles. The highest BCUT2D eigenvalue weighted by Crippen LogP contribution is 2.25. The highest BCUT2D eigenvalue weighted by molar-refractivity contribution is 6.01. The third kappa shape index (κ3) is 4.22. The van der Waals surface area contributed by atoms with Gasteiger partial charge in [-0.25, -0.2) is 23.1 Å². The van der Waals surface area contributed by atoms with Crippen LogP contribution in [-0.4, -0.2) is 43.3 Å². The number of carbonyl (C=O) groups excluding carboxylic acids is 2. The van der Waals surface area contributed by atoms with E-state index in [0.717, 1.165) is 4.68 Å². The van der Waals surface area contributed by atoms with Crippen LogP contribution in [0.4, 0.5) is 10.1 Å². The maximum absolute atomic E-state index is 13.6. The van der Waals surface area contributed by atoms with Crippen LogP contribution in [0, 0.1) is 5.82 Å². The molecule has 2 aromatic carbocycles. The Morgan fingerprint density at radius 2 is 1.94 bits per heavy atom. The Kier molecular flexibility index (Phi) is 5.82. The summed E-state index contributed by atoms with van der Waals surface area (Å²) in [5.41, 5.74) is 0.780. The Balaban J connectivity index is 1.44. The summed E-state index contributed by atoms with van der Waals surface area (Å²) in [6.45, 7) is -0.423. The summed E-state index contributed by atoms with van der Waals surface area (Å²) in [6, 6.07) is 15.3. The SMILES string of the molecule is COC(=O)c1ccccc1NC(=O)Cn1nc2c(-c3nc(-c4cccc(F)c4)no3)cccn2c1=O. The van der Waals surface area contributed by atoms with Crippen LogP contribution in [0.1, 0.15) is 10.4 Å². The lowest BCUT2D eigenvalue weighted by Crippen LogP contribution is -2.28. The molecule has 5 rings (SSSR count). The lowest BCUT2D eigenvalue weighted by molar-refractivity contribution is -0.117. The van der Waals surface area contributed by atoms with E-state index in [1.165, 1.54) is 42.0 Å². The van der Waals surface area contributed by atoms with Crippen LogP contribution in [0.5, 0.6) is 0 Å². The number of methoxy groups -OCH3 is 1. The average Bonchev–Trinajstić information content (AvgIpc) is 3.49. The van der Waals surface area contributed by atoms with Crippen molar-refractivity contribution in [2.24, 2.45) is 0 Å². The number of amides is 1. The van der Waals surface area contributed by atoms with Crippen molar-refractivity contribution < 1.29 is 23.2 Å². The highest BCUT2D eigenvalue weighted by atomic mass is 19.1. The summed E-state index contributed by atoms with van der Waals surface area (Å²) >= 11 is 0. The number of benzene rings is 2. The van der Waals surface area contributed by atoms with Crippen LogP contribution >= 0.6 is 0 Å². The van der Waals surface area contributed by atoms with Crippen molar-refractivity contribution in [3.05, 3.63) is 88.7 Å². The van der Waals surface area contributed by atoms with E-state index in [-0.39, 0.29) is 28.6 Å². The van der Waals surface area contributed by atoms with Gasteiger partial charge in [-0.05, 0) is 36.4 Å². The van der Waals surface area contributed by atoms with Crippen LogP contribution in [-0.2, 0) is 16.1 Å². The molecule has 12 heteroatoms. The van der Waals surface area contributed by atoms with E-state index in [9.17, 15) is 18.8 Å². The maximum atomic E-state index is 13.6. The zero-order chi connectivity index (χ0) is 25.2. The molecule has 180 valence electrons. The van der Waals surface area contributed by atoms with Gasteiger partial charge in [-0.3, -0.25) is 4.79 Å². The molecule has 1 N–H and O–H groups in total. The zero-order valence-electron chi connectivity index (χ0n) is 18.7. The average molecular weight is 488 g/mol. The minimum atomic E-state index is -0.613. The van der Waals surface area contributed by atoms with Gasteiger partial charge in [0.2, 0.25) is 11.7 Å². The highest BCUT2D eigenvalue weighted by Gasteiger charge is 2.20. The van der Waals surface area contributed by atoms with Gasteiger partial charge in [-0.15, -0.1) is 5.10 Å². The Labute approximate surface area is 201 Å². The number of rotatable bonds is 6. The van der Waals surface area contributed by atoms with Gasteiger partial charge in [0.1, 0.15) is 12.4 Å². The Hall–Kier alpha value is -5.13. The molecule has 3 aromatic heterocycles.